The third-order valence-electron chi connectivity index (χ3n) is 12.0. The van der Waals surface area contributed by atoms with Crippen molar-refractivity contribution in [2.24, 2.45) is 0 Å². The monoisotopic (exact) mass is 828 g/mol. The molecule has 11 aromatic rings. The maximum absolute atomic E-state index is 10.7. The lowest BCUT2D eigenvalue weighted by molar-refractivity contribution is 0.665. The fourth-order valence-electron chi connectivity index (χ4n) is 8.27. The quantitative estimate of drug-likeness (QED) is 0.167. The van der Waals surface area contributed by atoms with E-state index in [2.05, 4.69) is 0 Å². The Morgan fingerprint density at radius 2 is 0.871 bits per heavy atom. The zero-order valence-corrected chi connectivity index (χ0v) is 34.3. The summed E-state index contributed by atoms with van der Waals surface area (Å²) in [6.07, 6.45) is 0. The molecule has 0 aliphatic carbocycles. The Bertz CT molecular complexity index is 4890. The number of anilines is 3. The summed E-state index contributed by atoms with van der Waals surface area (Å²) in [5.41, 5.74) is -1.12. The highest BCUT2D eigenvalue weighted by Gasteiger charge is 2.27. The summed E-state index contributed by atoms with van der Waals surface area (Å²) in [7, 11) is 0. The van der Waals surface area contributed by atoms with Gasteiger partial charge in [-0.3, -0.25) is 0 Å². The summed E-state index contributed by atoms with van der Waals surface area (Å²) >= 11 is 0. The number of benzene rings is 9. The van der Waals surface area contributed by atoms with Gasteiger partial charge in [-0.25, -0.2) is 0 Å². The molecule has 9 aromatic carbocycles. The fraction of sp³-hybridized carbons (Fsp3) is 0.119. The highest BCUT2D eigenvalue weighted by atomic mass is 16.3. The van der Waals surface area contributed by atoms with Crippen LogP contribution in [-0.2, 0) is 0 Å². The third kappa shape index (κ3) is 5.65. The molecule has 0 radical (unpaired) electrons. The molecule has 3 nitrogen and oxygen atoms in total. The predicted octanol–water partition coefficient (Wildman–Crippen LogP) is 17.3. The minimum absolute atomic E-state index is 0.172. The van der Waals surface area contributed by atoms with Crippen molar-refractivity contribution in [2.75, 3.05) is 4.90 Å². The molecule has 0 saturated heterocycles. The van der Waals surface area contributed by atoms with Crippen LogP contribution in [-0.4, -0.2) is 0 Å². The normalized spacial score (nSPS) is 17.7. The molecular weight excluding hydrogens is 755 g/mol. The molecule has 0 aliphatic heterocycles. The second-order valence-corrected chi connectivity index (χ2v) is 15.0. The molecule has 62 heavy (non-hydrogen) atoms. The van der Waals surface area contributed by atoms with Crippen molar-refractivity contribution in [1.29, 1.82) is 0 Å². The summed E-state index contributed by atoms with van der Waals surface area (Å²) in [5, 5.41) is -0.773. The van der Waals surface area contributed by atoms with Crippen molar-refractivity contribution in [3.05, 3.63) is 196 Å². The van der Waals surface area contributed by atoms with Gasteiger partial charge in [-0.2, -0.15) is 0 Å². The average Bonchev–Trinajstić information content (AvgIpc) is 1.38. The largest absolute Gasteiger partial charge is 0.455 e. The van der Waals surface area contributed by atoms with Crippen molar-refractivity contribution in [1.82, 2.24) is 0 Å². The molecule has 11 rings (SSSR count). The van der Waals surface area contributed by atoms with Crippen LogP contribution < -0.4 is 4.90 Å². The number of nitrogens with zero attached hydrogens (tertiary/aromatic N) is 1. The number of fused-ring (bicyclic) bond motifs is 8. The van der Waals surface area contributed by atoms with Crippen LogP contribution in [0, 0.1) is 48.5 Å². The summed E-state index contributed by atoms with van der Waals surface area (Å²) in [4.78, 5) is 0.513. The Morgan fingerprint density at radius 3 is 1.47 bits per heavy atom. The SMILES string of the molecule is [2H]c1c([2H])c([2H])c(-c2c([2H])c([2H])c(N(c3c([2H])c([2H])c(-c4c([2H])c([2H])c([2H])c([2H])c4[2H])c([2H])c3[2H])c3c([2H])c4c(oc5c([2H])c([2H])c([2H])c(-c6c(C)c(C)c(C)c7c6oc6c(C)c(C)c(C)c(C)c67)c54)c4c([2H])c([2H])c([2H])c([2H])c34)c([2H])c2[2H])c([2H])c1[2H]. The summed E-state index contributed by atoms with van der Waals surface area (Å²) in [6, 6.07) is -25.4. The average molecular weight is 828 g/mol. The van der Waals surface area contributed by atoms with Crippen LogP contribution in [0.3, 0.4) is 0 Å². The Kier molecular flexibility index (Phi) is 4.44. The zero-order chi connectivity index (χ0) is 65.0. The van der Waals surface area contributed by atoms with E-state index in [1.807, 2.05) is 41.5 Å². The zero-order valence-electron chi connectivity index (χ0n) is 60.3. The number of furan rings is 2. The molecule has 0 saturated carbocycles. The molecule has 0 fully saturated rings. The summed E-state index contributed by atoms with van der Waals surface area (Å²) in [6.45, 7) is 13.2. The van der Waals surface area contributed by atoms with Crippen molar-refractivity contribution < 1.29 is 44.5 Å². The van der Waals surface area contributed by atoms with Gasteiger partial charge in [0.2, 0.25) is 0 Å². The minimum Gasteiger partial charge on any atom is -0.455 e. The van der Waals surface area contributed by atoms with Crippen molar-refractivity contribution in [3.8, 4) is 33.4 Å². The molecule has 0 amide bonds. The van der Waals surface area contributed by atoms with E-state index >= 15 is 0 Å². The van der Waals surface area contributed by atoms with Gasteiger partial charge in [0, 0.05) is 49.3 Å². The lowest BCUT2D eigenvalue weighted by Crippen LogP contribution is -2.10. The van der Waals surface area contributed by atoms with Gasteiger partial charge in [-0.1, -0.05) is 121 Å². The number of hydrogen-bond donors (Lipinski definition) is 0. The Balaban J connectivity index is 1.42. The van der Waals surface area contributed by atoms with Crippen LogP contribution in [0.2, 0.25) is 0 Å². The molecule has 0 N–H and O–H groups in total. The first kappa shape index (κ1) is 19.1. The Hall–Kier alpha value is -7.36. The van der Waals surface area contributed by atoms with E-state index in [1.165, 1.54) is 0 Å². The fourth-order valence-corrected chi connectivity index (χ4v) is 8.27. The summed E-state index contributed by atoms with van der Waals surface area (Å²) < 4.78 is 253. The highest BCUT2D eigenvalue weighted by Crippen LogP contribution is 2.50. The van der Waals surface area contributed by atoms with Crippen molar-refractivity contribution >= 4 is 71.7 Å². The van der Waals surface area contributed by atoms with Crippen molar-refractivity contribution in [3.63, 3.8) is 0 Å². The van der Waals surface area contributed by atoms with Gasteiger partial charge >= 0.3 is 0 Å². The van der Waals surface area contributed by atoms with E-state index < -0.39 is 224 Å². The minimum atomic E-state index is -1.21. The van der Waals surface area contributed by atoms with E-state index in [0.717, 1.165) is 33.2 Å². The van der Waals surface area contributed by atoms with E-state index in [-0.39, 0.29) is 22.1 Å². The van der Waals surface area contributed by atoms with Gasteiger partial charge in [0.05, 0.1) is 41.3 Å². The molecule has 2 aromatic heterocycles. The van der Waals surface area contributed by atoms with Crippen LogP contribution >= 0.6 is 0 Å². The summed E-state index contributed by atoms with van der Waals surface area (Å²) in [5.74, 6) is 0. The number of rotatable bonds is 6. The lowest BCUT2D eigenvalue weighted by atomic mass is 9.87. The van der Waals surface area contributed by atoms with Gasteiger partial charge in [-0.15, -0.1) is 0 Å². The van der Waals surface area contributed by atoms with Crippen LogP contribution in [0.5, 0.6) is 0 Å². The first-order valence-electron chi connectivity index (χ1n) is 32.5. The first-order valence-corrected chi connectivity index (χ1v) is 19.5. The molecule has 0 aliphatic rings. The van der Waals surface area contributed by atoms with Crippen LogP contribution in [0.15, 0.2) is 166 Å². The Labute approximate surface area is 399 Å². The molecule has 3 heteroatoms. The highest BCUT2D eigenvalue weighted by molar-refractivity contribution is 6.25. The van der Waals surface area contributed by atoms with Gasteiger partial charge in [-0.05, 0) is 151 Å². The standard InChI is InChI=1S/C59H47NO2/c1-34-35(2)40(7)57-54(38(34)5)55-39(6)36(3)37(4)53(59(55)62-57)49-23-16-24-52-56(49)50-33-51(47-21-14-15-22-48(47)58(50)61-52)60(45-29-25-43(26-30-45)41-17-10-8-11-18-41)46-31-27-44(28-32-46)42-19-12-9-13-20-42/h8-33H,1-7H3/i8D,9D,10D,11D,12D,13D,14D,15D,16D,17D,18D,19D,20D,21D,22D,23D,24D,25D,26D,27D,28D,29D,30D,31D,32D,33D. The van der Waals surface area contributed by atoms with E-state index in [1.54, 1.807) is 6.92 Å². The van der Waals surface area contributed by atoms with Crippen LogP contribution in [0.1, 0.15) is 74.6 Å². The smallest absolute Gasteiger partial charge is 0.143 e. The predicted molar refractivity (Wildman–Crippen MR) is 263 cm³/mol. The molecule has 0 unspecified atom stereocenters. The number of hydrogen-bond acceptors (Lipinski definition) is 3. The van der Waals surface area contributed by atoms with Gasteiger partial charge < -0.3 is 13.7 Å². The van der Waals surface area contributed by atoms with Crippen LogP contribution in [0.4, 0.5) is 17.1 Å². The van der Waals surface area contributed by atoms with E-state index in [9.17, 15) is 19.2 Å². The second kappa shape index (κ2) is 14.4. The topological polar surface area (TPSA) is 29.5 Å². The molecule has 0 spiro atoms. The molecule has 2 heterocycles. The lowest BCUT2D eigenvalue weighted by Gasteiger charge is -2.27. The van der Waals surface area contributed by atoms with Crippen molar-refractivity contribution in [2.45, 2.75) is 48.5 Å². The molecule has 0 bridgehead atoms. The number of aryl methyl sites for hydroxylation is 3. The van der Waals surface area contributed by atoms with E-state index in [0.29, 0.717) is 27.0 Å². The maximum Gasteiger partial charge on any atom is 0.143 e. The third-order valence-corrected chi connectivity index (χ3v) is 12.0. The van der Waals surface area contributed by atoms with E-state index in [4.69, 9.17) is 25.3 Å². The molecule has 0 atom stereocenters. The molecule has 300 valence electrons. The Morgan fingerprint density at radius 1 is 0.371 bits per heavy atom. The van der Waals surface area contributed by atoms with Gasteiger partial charge in [0.15, 0.2) is 0 Å². The van der Waals surface area contributed by atoms with Crippen LogP contribution in [0.25, 0.3) is 88.0 Å². The van der Waals surface area contributed by atoms with Gasteiger partial charge in [0.25, 0.3) is 0 Å². The first-order chi connectivity index (χ1) is 41.0. The maximum atomic E-state index is 10.7. The second-order valence-electron chi connectivity index (χ2n) is 15.0. The molecular formula is C59H47NO2. The van der Waals surface area contributed by atoms with Gasteiger partial charge in [0.1, 0.15) is 22.3 Å².